The van der Waals surface area contributed by atoms with Crippen molar-refractivity contribution in [3.05, 3.63) is 87.0 Å². The number of nitrogens with zero attached hydrogens (tertiary/aromatic N) is 2. The fraction of sp³-hybridized carbons (Fsp3) is 0.0909. The highest BCUT2D eigenvalue weighted by molar-refractivity contribution is 5.95. The van der Waals surface area contributed by atoms with Crippen LogP contribution in [0, 0.1) is 42.9 Å². The van der Waals surface area contributed by atoms with Gasteiger partial charge in [-0.25, -0.2) is 22.0 Å². The number of hydrogen-bond donors (Lipinski definition) is 1. The Bertz CT molecular complexity index is 1420. The second-order valence-electron chi connectivity index (χ2n) is 6.91. The normalized spacial score (nSPS) is 11.3. The molecule has 0 aliphatic carbocycles. The molecule has 0 unspecified atom stereocenters. The zero-order chi connectivity index (χ0) is 22.6. The van der Waals surface area contributed by atoms with Crippen LogP contribution >= 0.6 is 0 Å². The van der Waals surface area contributed by atoms with E-state index in [9.17, 15) is 31.9 Å². The third-order valence-electron chi connectivity index (χ3n) is 5.22. The van der Waals surface area contributed by atoms with Crippen molar-refractivity contribution >= 4 is 10.8 Å². The monoisotopic (exact) mass is 432 g/mol. The van der Waals surface area contributed by atoms with E-state index in [1.165, 1.54) is 24.3 Å². The third kappa shape index (κ3) is 2.96. The summed E-state index contributed by atoms with van der Waals surface area (Å²) in [6, 6.07) is 8.86. The van der Waals surface area contributed by atoms with E-state index in [1.807, 2.05) is 0 Å². The molecule has 4 nitrogen and oxygen atoms in total. The van der Waals surface area contributed by atoms with Gasteiger partial charge in [0.25, 0.3) is 5.56 Å². The fourth-order valence-corrected chi connectivity index (χ4v) is 3.38. The molecule has 1 heterocycles. The minimum absolute atomic E-state index is 0.00126. The first-order valence-electron chi connectivity index (χ1n) is 8.98. The first-order chi connectivity index (χ1) is 14.6. The van der Waals surface area contributed by atoms with Crippen molar-refractivity contribution in [2.24, 2.45) is 0 Å². The van der Waals surface area contributed by atoms with Gasteiger partial charge in [-0.15, -0.1) is 0 Å². The van der Waals surface area contributed by atoms with Gasteiger partial charge in [-0.3, -0.25) is 4.79 Å². The van der Waals surface area contributed by atoms with Crippen molar-refractivity contribution in [2.45, 2.75) is 13.8 Å². The van der Waals surface area contributed by atoms with E-state index in [1.54, 1.807) is 26.0 Å². The van der Waals surface area contributed by atoms with E-state index < -0.39 is 40.3 Å². The van der Waals surface area contributed by atoms with Gasteiger partial charge in [0.2, 0.25) is 5.82 Å². The van der Waals surface area contributed by atoms with Crippen LogP contribution in [0.4, 0.5) is 22.0 Å². The van der Waals surface area contributed by atoms with Crippen LogP contribution in [0.5, 0.6) is 5.75 Å². The average Bonchev–Trinajstić information content (AvgIpc) is 2.77. The number of hydrogen-bond acceptors (Lipinski definition) is 3. The summed E-state index contributed by atoms with van der Waals surface area (Å²) in [5.41, 5.74) is -1.00. The Morgan fingerprint density at radius 3 is 1.94 bits per heavy atom. The Hall–Kier alpha value is -3.75. The predicted molar refractivity (Wildman–Crippen MR) is 104 cm³/mol. The van der Waals surface area contributed by atoms with Crippen molar-refractivity contribution in [1.82, 2.24) is 9.78 Å². The summed E-state index contributed by atoms with van der Waals surface area (Å²) >= 11 is 0. The number of aromatic nitrogens is 2. The molecule has 1 N–H and O–H groups in total. The largest absolute Gasteiger partial charge is 0.508 e. The fourth-order valence-electron chi connectivity index (χ4n) is 3.38. The zero-order valence-corrected chi connectivity index (χ0v) is 16.1. The highest BCUT2D eigenvalue weighted by Gasteiger charge is 2.29. The van der Waals surface area contributed by atoms with Crippen LogP contribution in [-0.2, 0) is 0 Å². The van der Waals surface area contributed by atoms with E-state index in [-0.39, 0.29) is 21.5 Å². The van der Waals surface area contributed by atoms with E-state index in [0.717, 1.165) is 0 Å². The molecule has 31 heavy (non-hydrogen) atoms. The molecule has 0 saturated carbocycles. The molecule has 0 fully saturated rings. The molecular weight excluding hydrogens is 419 g/mol. The van der Waals surface area contributed by atoms with Gasteiger partial charge in [-0.2, -0.15) is 9.78 Å². The molecule has 9 heteroatoms. The van der Waals surface area contributed by atoms with Gasteiger partial charge >= 0.3 is 0 Å². The molecule has 0 bridgehead atoms. The number of benzene rings is 3. The molecule has 1 aromatic heterocycles. The summed E-state index contributed by atoms with van der Waals surface area (Å²) in [5, 5.41) is 14.2. The Labute approximate surface area is 171 Å². The number of phenolic OH excluding ortho intramolecular Hbond substituents is 1. The van der Waals surface area contributed by atoms with Gasteiger partial charge in [0.15, 0.2) is 23.3 Å². The summed E-state index contributed by atoms with van der Waals surface area (Å²) in [6.45, 7) is 3.30. The van der Waals surface area contributed by atoms with Crippen LogP contribution in [0.25, 0.3) is 27.7 Å². The van der Waals surface area contributed by atoms with E-state index in [0.29, 0.717) is 22.1 Å². The summed E-state index contributed by atoms with van der Waals surface area (Å²) in [4.78, 5) is 12.9. The maximum atomic E-state index is 14.4. The molecular formula is C22H13F5N2O2. The van der Waals surface area contributed by atoms with Crippen molar-refractivity contribution in [1.29, 1.82) is 0 Å². The topological polar surface area (TPSA) is 55.1 Å². The van der Waals surface area contributed by atoms with Gasteiger partial charge in [-0.1, -0.05) is 18.2 Å². The zero-order valence-electron chi connectivity index (χ0n) is 16.1. The molecule has 0 aliphatic heterocycles. The first-order valence-corrected chi connectivity index (χ1v) is 8.98. The summed E-state index contributed by atoms with van der Waals surface area (Å²) in [6.07, 6.45) is 0. The lowest BCUT2D eigenvalue weighted by Crippen LogP contribution is -2.25. The number of aromatic hydroxyl groups is 1. The maximum Gasteiger partial charge on any atom is 0.279 e. The summed E-state index contributed by atoms with van der Waals surface area (Å²) in [5.74, 6) is -11.1. The van der Waals surface area contributed by atoms with E-state index in [4.69, 9.17) is 0 Å². The molecule has 0 amide bonds. The smallest absolute Gasteiger partial charge is 0.279 e. The summed E-state index contributed by atoms with van der Waals surface area (Å²) in [7, 11) is 0. The average molecular weight is 432 g/mol. The van der Waals surface area contributed by atoms with Crippen LogP contribution in [0.2, 0.25) is 0 Å². The van der Waals surface area contributed by atoms with Crippen molar-refractivity contribution in [3.8, 4) is 22.7 Å². The van der Waals surface area contributed by atoms with Crippen LogP contribution in [0.3, 0.4) is 0 Å². The molecule has 3 aromatic carbocycles. The summed E-state index contributed by atoms with van der Waals surface area (Å²) < 4.78 is 70.1. The van der Waals surface area contributed by atoms with Gasteiger partial charge in [0, 0.05) is 10.9 Å². The number of fused-ring (bicyclic) bond motifs is 1. The van der Waals surface area contributed by atoms with Crippen molar-refractivity contribution in [3.63, 3.8) is 0 Å². The molecule has 4 aromatic rings. The SMILES string of the molecule is Cc1c(O)ccc(-c2nn(-c3c(F)c(F)c(F)c(F)c3F)c(=O)c3ccccc23)c1C. The van der Waals surface area contributed by atoms with Gasteiger partial charge in [-0.05, 0) is 43.2 Å². The molecule has 4 rings (SSSR count). The van der Waals surface area contributed by atoms with Crippen LogP contribution in [-0.4, -0.2) is 14.9 Å². The maximum absolute atomic E-state index is 14.4. The number of rotatable bonds is 2. The molecule has 0 spiro atoms. The third-order valence-corrected chi connectivity index (χ3v) is 5.22. The molecule has 158 valence electrons. The van der Waals surface area contributed by atoms with E-state index >= 15 is 0 Å². The van der Waals surface area contributed by atoms with Crippen molar-refractivity contribution < 1.29 is 27.1 Å². The minimum atomic E-state index is -2.34. The quantitative estimate of drug-likeness (QED) is 0.273. The lowest BCUT2D eigenvalue weighted by Gasteiger charge is -2.15. The van der Waals surface area contributed by atoms with E-state index in [2.05, 4.69) is 5.10 Å². The minimum Gasteiger partial charge on any atom is -0.508 e. The Morgan fingerprint density at radius 2 is 1.32 bits per heavy atom. The molecule has 0 radical (unpaired) electrons. The van der Waals surface area contributed by atoms with Gasteiger partial charge < -0.3 is 5.11 Å². The molecule has 0 atom stereocenters. The van der Waals surface area contributed by atoms with Gasteiger partial charge in [0.1, 0.15) is 11.4 Å². The Kier molecular flexibility index (Phi) is 4.76. The Morgan fingerprint density at radius 1 is 0.774 bits per heavy atom. The highest BCUT2D eigenvalue weighted by atomic mass is 19.2. The standard InChI is InChI=1S/C22H13F5N2O2/c1-9-10(2)14(30)8-7-11(9)20-12-5-3-4-6-13(12)22(31)29(28-20)21-18(26)16(24)15(23)17(25)19(21)27/h3-8,30H,1-2H3. The number of halogens is 5. The number of phenols is 1. The second kappa shape index (κ2) is 7.19. The van der Waals surface area contributed by atoms with Gasteiger partial charge in [0.05, 0.1) is 11.1 Å². The van der Waals surface area contributed by atoms with Crippen molar-refractivity contribution in [2.75, 3.05) is 0 Å². The lowest BCUT2D eigenvalue weighted by atomic mass is 9.97. The molecule has 0 aliphatic rings. The van der Waals surface area contributed by atoms with Crippen LogP contribution in [0.1, 0.15) is 11.1 Å². The first kappa shape index (κ1) is 20.5. The highest BCUT2D eigenvalue weighted by Crippen LogP contribution is 2.33. The predicted octanol–water partition coefficient (Wildman–Crippen LogP) is 5.07. The lowest BCUT2D eigenvalue weighted by molar-refractivity contribution is 0.373. The Balaban J connectivity index is 2.19. The van der Waals surface area contributed by atoms with Crippen LogP contribution < -0.4 is 5.56 Å². The molecule has 0 saturated heterocycles. The second-order valence-corrected chi connectivity index (χ2v) is 6.91. The van der Waals surface area contributed by atoms with Crippen LogP contribution in [0.15, 0.2) is 41.2 Å².